The van der Waals surface area contributed by atoms with Gasteiger partial charge in [-0.1, -0.05) is 33.6 Å². The highest BCUT2D eigenvalue weighted by molar-refractivity contribution is 9.10. The summed E-state index contributed by atoms with van der Waals surface area (Å²) in [6.07, 6.45) is 0. The van der Waals surface area contributed by atoms with Gasteiger partial charge < -0.3 is 15.2 Å². The minimum absolute atomic E-state index is 0.0735. The molecular weight excluding hydrogens is 361 g/mol. The molecule has 0 atom stereocenters. The zero-order valence-electron chi connectivity index (χ0n) is 11.3. The van der Waals surface area contributed by atoms with Crippen LogP contribution in [0.1, 0.15) is 11.1 Å². The summed E-state index contributed by atoms with van der Waals surface area (Å²) in [5.41, 5.74) is 6.84. The molecular formula is C15H14BrClFNO2. The first-order chi connectivity index (χ1) is 10.0. The van der Waals surface area contributed by atoms with Crippen LogP contribution in [0.4, 0.5) is 4.39 Å². The highest BCUT2D eigenvalue weighted by atomic mass is 79.9. The summed E-state index contributed by atoms with van der Waals surface area (Å²) in [7, 11) is 1.51. The van der Waals surface area contributed by atoms with Gasteiger partial charge in [0.05, 0.1) is 7.11 Å². The topological polar surface area (TPSA) is 44.5 Å². The van der Waals surface area contributed by atoms with Gasteiger partial charge in [0.2, 0.25) is 0 Å². The van der Waals surface area contributed by atoms with Crippen LogP contribution < -0.4 is 15.2 Å². The second-order valence-electron chi connectivity index (χ2n) is 4.32. The Hall–Kier alpha value is -1.30. The Bertz CT molecular complexity index is 627. The molecule has 2 aromatic carbocycles. The van der Waals surface area contributed by atoms with Crippen LogP contribution in [0.5, 0.6) is 11.5 Å². The summed E-state index contributed by atoms with van der Waals surface area (Å²) >= 11 is 9.20. The van der Waals surface area contributed by atoms with Crippen LogP contribution in [-0.4, -0.2) is 7.11 Å². The van der Waals surface area contributed by atoms with Crippen molar-refractivity contribution in [1.82, 2.24) is 0 Å². The molecule has 0 bridgehead atoms. The van der Waals surface area contributed by atoms with Gasteiger partial charge in [-0.05, 0) is 18.2 Å². The van der Waals surface area contributed by atoms with E-state index in [0.717, 1.165) is 0 Å². The zero-order chi connectivity index (χ0) is 15.4. The molecule has 0 aromatic heterocycles. The number of hydrogen-bond acceptors (Lipinski definition) is 3. The summed E-state index contributed by atoms with van der Waals surface area (Å²) < 4.78 is 25.4. The van der Waals surface area contributed by atoms with Gasteiger partial charge in [-0.2, -0.15) is 0 Å². The van der Waals surface area contributed by atoms with Crippen molar-refractivity contribution in [2.75, 3.05) is 7.11 Å². The lowest BCUT2D eigenvalue weighted by atomic mass is 10.1. The van der Waals surface area contributed by atoms with E-state index in [4.69, 9.17) is 26.8 Å². The van der Waals surface area contributed by atoms with Crippen molar-refractivity contribution < 1.29 is 13.9 Å². The first kappa shape index (κ1) is 16.1. The molecule has 0 saturated heterocycles. The maximum atomic E-state index is 13.8. The zero-order valence-corrected chi connectivity index (χ0v) is 13.7. The van der Waals surface area contributed by atoms with E-state index >= 15 is 0 Å². The van der Waals surface area contributed by atoms with E-state index < -0.39 is 0 Å². The molecule has 2 N–H and O–H groups in total. The number of hydrogen-bond donors (Lipinski definition) is 1. The second-order valence-corrected chi connectivity index (χ2v) is 5.68. The standard InChI is InChI=1S/C15H14BrClFNO2/c1-20-14-6-12(17)4-10(7-19)15(14)21-8-9-2-3-11(16)5-13(9)18/h2-6H,7-8,19H2,1H3. The third-order valence-electron chi connectivity index (χ3n) is 2.92. The molecule has 0 aliphatic heterocycles. The van der Waals surface area contributed by atoms with E-state index in [0.29, 0.717) is 32.1 Å². The van der Waals surface area contributed by atoms with Crippen LogP contribution in [0.15, 0.2) is 34.8 Å². The van der Waals surface area contributed by atoms with E-state index in [9.17, 15) is 4.39 Å². The van der Waals surface area contributed by atoms with Crippen molar-refractivity contribution in [1.29, 1.82) is 0 Å². The van der Waals surface area contributed by atoms with Gasteiger partial charge in [0.15, 0.2) is 11.5 Å². The van der Waals surface area contributed by atoms with Crippen LogP contribution in [0.2, 0.25) is 5.02 Å². The fourth-order valence-corrected chi connectivity index (χ4v) is 2.44. The second kappa shape index (κ2) is 7.11. The summed E-state index contributed by atoms with van der Waals surface area (Å²) in [6, 6.07) is 8.14. The SMILES string of the molecule is COc1cc(Cl)cc(CN)c1OCc1ccc(Br)cc1F. The van der Waals surface area contributed by atoms with Gasteiger partial charge in [-0.3, -0.25) is 0 Å². The predicted molar refractivity (Wildman–Crippen MR) is 84.3 cm³/mol. The molecule has 2 aromatic rings. The highest BCUT2D eigenvalue weighted by Crippen LogP contribution is 2.35. The highest BCUT2D eigenvalue weighted by Gasteiger charge is 2.13. The van der Waals surface area contributed by atoms with Gasteiger partial charge in [-0.25, -0.2) is 4.39 Å². The maximum absolute atomic E-state index is 13.8. The third kappa shape index (κ3) is 3.87. The van der Waals surface area contributed by atoms with Gasteiger partial charge in [-0.15, -0.1) is 0 Å². The van der Waals surface area contributed by atoms with Gasteiger partial charge >= 0.3 is 0 Å². The first-order valence-corrected chi connectivity index (χ1v) is 7.35. The average Bonchev–Trinajstić information content (AvgIpc) is 2.46. The fourth-order valence-electron chi connectivity index (χ4n) is 1.88. The van der Waals surface area contributed by atoms with Crippen molar-refractivity contribution >= 4 is 27.5 Å². The molecule has 6 heteroatoms. The Morgan fingerprint density at radius 3 is 2.62 bits per heavy atom. The van der Waals surface area contributed by atoms with Crippen LogP contribution in [-0.2, 0) is 13.2 Å². The molecule has 21 heavy (non-hydrogen) atoms. The van der Waals surface area contributed by atoms with Gasteiger partial charge in [0.25, 0.3) is 0 Å². The smallest absolute Gasteiger partial charge is 0.166 e. The molecule has 112 valence electrons. The lowest BCUT2D eigenvalue weighted by molar-refractivity contribution is 0.277. The monoisotopic (exact) mass is 373 g/mol. The lowest BCUT2D eigenvalue weighted by Crippen LogP contribution is -2.05. The molecule has 0 aliphatic carbocycles. The van der Waals surface area contributed by atoms with E-state index in [1.165, 1.54) is 13.2 Å². The maximum Gasteiger partial charge on any atom is 0.166 e. The number of ether oxygens (including phenoxy) is 2. The number of nitrogens with two attached hydrogens (primary N) is 1. The number of methoxy groups -OCH3 is 1. The molecule has 2 rings (SSSR count). The van der Waals surface area contributed by atoms with E-state index in [1.807, 2.05) is 0 Å². The van der Waals surface area contributed by atoms with Crippen LogP contribution in [0.25, 0.3) is 0 Å². The van der Waals surface area contributed by atoms with Crippen molar-refractivity contribution in [3.8, 4) is 11.5 Å². The molecule has 0 heterocycles. The Morgan fingerprint density at radius 1 is 1.24 bits per heavy atom. The van der Waals surface area contributed by atoms with Gasteiger partial charge in [0.1, 0.15) is 12.4 Å². The Balaban J connectivity index is 2.26. The fraction of sp³-hybridized carbons (Fsp3) is 0.200. The van der Waals surface area contributed by atoms with Crippen LogP contribution in [0.3, 0.4) is 0 Å². The van der Waals surface area contributed by atoms with E-state index in [1.54, 1.807) is 24.3 Å². The molecule has 0 amide bonds. The molecule has 0 spiro atoms. The first-order valence-electron chi connectivity index (χ1n) is 6.18. The Morgan fingerprint density at radius 2 is 2.00 bits per heavy atom. The Labute approximate surface area is 135 Å². The predicted octanol–water partition coefficient (Wildman–Crippen LogP) is 4.29. The van der Waals surface area contributed by atoms with E-state index in [-0.39, 0.29) is 19.0 Å². The van der Waals surface area contributed by atoms with E-state index in [2.05, 4.69) is 15.9 Å². The minimum Gasteiger partial charge on any atom is -0.493 e. The van der Waals surface area contributed by atoms with Crippen LogP contribution in [0, 0.1) is 5.82 Å². The minimum atomic E-state index is -0.341. The molecule has 0 radical (unpaired) electrons. The molecule has 0 unspecified atom stereocenters. The van der Waals surface area contributed by atoms with Crippen molar-refractivity contribution in [2.45, 2.75) is 13.2 Å². The largest absolute Gasteiger partial charge is 0.493 e. The quantitative estimate of drug-likeness (QED) is 0.849. The number of rotatable bonds is 5. The third-order valence-corrected chi connectivity index (χ3v) is 3.63. The van der Waals surface area contributed by atoms with Crippen molar-refractivity contribution in [3.05, 3.63) is 56.8 Å². The van der Waals surface area contributed by atoms with Crippen LogP contribution >= 0.6 is 27.5 Å². The number of halogens is 3. The normalized spacial score (nSPS) is 10.5. The molecule has 0 aliphatic rings. The van der Waals surface area contributed by atoms with Crippen molar-refractivity contribution in [3.63, 3.8) is 0 Å². The average molecular weight is 375 g/mol. The molecule has 0 fully saturated rings. The van der Waals surface area contributed by atoms with Gasteiger partial charge in [0, 0.05) is 33.2 Å². The lowest BCUT2D eigenvalue weighted by Gasteiger charge is -2.15. The van der Waals surface area contributed by atoms with Crippen molar-refractivity contribution in [2.24, 2.45) is 5.73 Å². The molecule has 3 nitrogen and oxygen atoms in total. The molecule has 0 saturated carbocycles. The summed E-state index contributed by atoms with van der Waals surface area (Å²) in [4.78, 5) is 0. The number of benzene rings is 2. The summed E-state index contributed by atoms with van der Waals surface area (Å²) in [5.74, 6) is 0.610. The summed E-state index contributed by atoms with van der Waals surface area (Å²) in [6.45, 7) is 0.319. The summed E-state index contributed by atoms with van der Waals surface area (Å²) in [5, 5.41) is 0.509. The Kier molecular flexibility index (Phi) is 5.45.